The van der Waals surface area contributed by atoms with Gasteiger partial charge in [-0.1, -0.05) is 11.6 Å². The quantitative estimate of drug-likeness (QED) is 0.679. The van der Waals surface area contributed by atoms with Gasteiger partial charge in [0.1, 0.15) is 6.54 Å². The maximum atomic E-state index is 13.3. The Morgan fingerprint density at radius 3 is 2.47 bits per heavy atom. The molecule has 0 radical (unpaired) electrons. The van der Waals surface area contributed by atoms with Gasteiger partial charge < -0.3 is 9.64 Å². The van der Waals surface area contributed by atoms with E-state index in [1.54, 1.807) is 26.1 Å². The zero-order chi connectivity index (χ0) is 21.7. The van der Waals surface area contributed by atoms with Gasteiger partial charge in [-0.3, -0.25) is 24.3 Å². The molecule has 0 aromatic heterocycles. The van der Waals surface area contributed by atoms with Gasteiger partial charge in [-0.05, 0) is 45.0 Å². The molecule has 1 fully saturated rings. The van der Waals surface area contributed by atoms with Gasteiger partial charge in [0.25, 0.3) is 5.91 Å². The number of fused-ring (bicyclic) bond motifs is 3. The highest BCUT2D eigenvalue weighted by molar-refractivity contribution is 6.30. The SMILES string of the molecule is CCOC(=O)CN1C(=O)C2C(N=C3N(c4ccc(Cl)cc4)C(C)=C(C)N32)N(C)C1=O. The van der Waals surface area contributed by atoms with Crippen molar-refractivity contribution >= 4 is 41.2 Å². The molecule has 3 aliphatic rings. The molecule has 3 aliphatic heterocycles. The molecule has 2 unspecified atom stereocenters. The third-order valence-corrected chi connectivity index (χ3v) is 5.82. The molecular weight excluding hydrogens is 410 g/mol. The van der Waals surface area contributed by atoms with Crippen molar-refractivity contribution in [1.29, 1.82) is 0 Å². The van der Waals surface area contributed by atoms with Crippen molar-refractivity contribution in [3.05, 3.63) is 40.7 Å². The van der Waals surface area contributed by atoms with E-state index in [9.17, 15) is 14.4 Å². The number of ether oxygens (including phenoxy) is 1. The van der Waals surface area contributed by atoms with Crippen LogP contribution in [0.3, 0.4) is 0 Å². The minimum Gasteiger partial charge on any atom is -0.465 e. The maximum Gasteiger partial charge on any atom is 0.328 e. The monoisotopic (exact) mass is 431 g/mol. The Labute approximate surface area is 179 Å². The van der Waals surface area contributed by atoms with E-state index in [0.717, 1.165) is 22.0 Å². The molecule has 2 atom stereocenters. The minimum atomic E-state index is -0.746. The molecule has 1 aromatic rings. The molecule has 0 N–H and O–H groups in total. The number of rotatable bonds is 4. The van der Waals surface area contributed by atoms with E-state index in [2.05, 4.69) is 0 Å². The van der Waals surface area contributed by atoms with Gasteiger partial charge in [-0.25, -0.2) is 9.79 Å². The van der Waals surface area contributed by atoms with Gasteiger partial charge in [-0.2, -0.15) is 0 Å². The second-order valence-corrected chi connectivity index (χ2v) is 7.70. The van der Waals surface area contributed by atoms with Gasteiger partial charge in [0.15, 0.2) is 12.2 Å². The van der Waals surface area contributed by atoms with E-state index in [1.807, 2.05) is 35.8 Å². The lowest BCUT2D eigenvalue weighted by molar-refractivity contribution is -0.150. The normalized spacial score (nSPS) is 23.2. The summed E-state index contributed by atoms with van der Waals surface area (Å²) in [6, 6.07) is 5.99. The van der Waals surface area contributed by atoms with Crippen LogP contribution in [0.25, 0.3) is 0 Å². The van der Waals surface area contributed by atoms with E-state index in [-0.39, 0.29) is 6.61 Å². The Balaban J connectivity index is 1.70. The van der Waals surface area contributed by atoms with Gasteiger partial charge >= 0.3 is 12.0 Å². The number of hydrogen-bond acceptors (Lipinski definition) is 7. The van der Waals surface area contributed by atoms with E-state index in [1.165, 1.54) is 4.90 Å². The first-order chi connectivity index (χ1) is 14.3. The second kappa shape index (κ2) is 7.32. The topological polar surface area (TPSA) is 85.8 Å². The number of urea groups is 1. The van der Waals surface area contributed by atoms with Gasteiger partial charge in [-0.15, -0.1) is 0 Å². The summed E-state index contributed by atoms with van der Waals surface area (Å²) >= 11 is 6.03. The van der Waals surface area contributed by atoms with Crippen molar-refractivity contribution in [2.75, 3.05) is 25.1 Å². The van der Waals surface area contributed by atoms with Crippen LogP contribution in [0, 0.1) is 0 Å². The van der Waals surface area contributed by atoms with Crippen molar-refractivity contribution < 1.29 is 19.1 Å². The van der Waals surface area contributed by atoms with Crippen LogP contribution >= 0.6 is 11.6 Å². The molecule has 158 valence electrons. The zero-order valence-electron chi connectivity index (χ0n) is 17.1. The Morgan fingerprint density at radius 2 is 1.83 bits per heavy atom. The number of allylic oxidation sites excluding steroid dienone is 2. The maximum absolute atomic E-state index is 13.3. The fourth-order valence-corrected chi connectivity index (χ4v) is 4.12. The molecular formula is C20H22ClN5O4. The van der Waals surface area contributed by atoms with Gasteiger partial charge in [0.2, 0.25) is 5.96 Å². The van der Waals surface area contributed by atoms with E-state index < -0.39 is 36.7 Å². The summed E-state index contributed by atoms with van der Waals surface area (Å²) in [6.07, 6.45) is -0.684. The molecule has 0 aliphatic carbocycles. The summed E-state index contributed by atoms with van der Waals surface area (Å²) in [5.74, 6) is -0.536. The van der Waals surface area contributed by atoms with Crippen LogP contribution in [0.15, 0.2) is 40.7 Å². The number of halogens is 1. The summed E-state index contributed by atoms with van der Waals surface area (Å²) in [5.41, 5.74) is 2.61. The highest BCUT2D eigenvalue weighted by Crippen LogP contribution is 2.40. The lowest BCUT2D eigenvalue weighted by Crippen LogP contribution is -2.65. The standard InChI is InChI=1S/C20H22ClN5O4/c1-5-30-15(27)10-24-18(28)16-17(23(4)20(24)29)22-19-25(11(2)12(3)26(16)19)14-8-6-13(21)7-9-14/h6-9,16-17H,5,10H2,1-4H3. The van der Waals surface area contributed by atoms with Gasteiger partial charge in [0.05, 0.1) is 6.61 Å². The number of guanidine groups is 1. The number of imide groups is 1. The van der Waals surface area contributed by atoms with Crippen molar-refractivity contribution in [3.8, 4) is 0 Å². The number of anilines is 1. The summed E-state index contributed by atoms with van der Waals surface area (Å²) in [7, 11) is 1.58. The highest BCUT2D eigenvalue weighted by atomic mass is 35.5. The molecule has 10 heteroatoms. The number of carbonyl (C=O) groups is 3. The molecule has 9 nitrogen and oxygen atoms in total. The third-order valence-electron chi connectivity index (χ3n) is 5.57. The number of hydrogen-bond donors (Lipinski definition) is 0. The molecule has 0 spiro atoms. The molecule has 3 amide bonds. The summed E-state index contributed by atoms with van der Waals surface area (Å²) < 4.78 is 4.92. The Bertz CT molecular complexity index is 989. The molecule has 3 heterocycles. The Morgan fingerprint density at radius 1 is 1.17 bits per heavy atom. The number of aliphatic imine (C=N–C) groups is 1. The second-order valence-electron chi connectivity index (χ2n) is 7.26. The smallest absolute Gasteiger partial charge is 0.328 e. The highest BCUT2D eigenvalue weighted by Gasteiger charge is 2.56. The molecule has 0 bridgehead atoms. The minimum absolute atomic E-state index is 0.174. The predicted molar refractivity (Wildman–Crippen MR) is 111 cm³/mol. The lowest BCUT2D eigenvalue weighted by atomic mass is 10.1. The van der Waals surface area contributed by atoms with Gasteiger partial charge in [0, 0.05) is 29.2 Å². The van der Waals surface area contributed by atoms with E-state index in [0.29, 0.717) is 11.0 Å². The fourth-order valence-electron chi connectivity index (χ4n) is 3.99. The number of likely N-dealkylation sites (N-methyl/N-ethyl adjacent to an activating group) is 1. The zero-order valence-corrected chi connectivity index (χ0v) is 17.9. The van der Waals surface area contributed by atoms with Crippen LogP contribution in [0.2, 0.25) is 5.02 Å². The van der Waals surface area contributed by atoms with Crippen LogP contribution in [0.4, 0.5) is 10.5 Å². The summed E-state index contributed by atoms with van der Waals surface area (Å²) in [4.78, 5) is 48.8. The third kappa shape index (κ3) is 2.92. The number of amides is 3. The van der Waals surface area contributed by atoms with Crippen LogP contribution in [0.1, 0.15) is 20.8 Å². The molecule has 1 saturated heterocycles. The first kappa shape index (κ1) is 20.2. The van der Waals surface area contributed by atoms with Crippen LogP contribution in [0.5, 0.6) is 0 Å². The lowest BCUT2D eigenvalue weighted by Gasteiger charge is -2.40. The molecule has 0 saturated carbocycles. The average molecular weight is 432 g/mol. The van der Waals surface area contributed by atoms with Crippen molar-refractivity contribution in [3.63, 3.8) is 0 Å². The van der Waals surface area contributed by atoms with Crippen LogP contribution in [-0.2, 0) is 14.3 Å². The van der Waals surface area contributed by atoms with Crippen molar-refractivity contribution in [1.82, 2.24) is 14.7 Å². The Hall–Kier alpha value is -3.07. The molecule has 1 aromatic carbocycles. The van der Waals surface area contributed by atoms with Crippen molar-refractivity contribution in [2.24, 2.45) is 4.99 Å². The number of esters is 1. The van der Waals surface area contributed by atoms with Crippen LogP contribution < -0.4 is 4.90 Å². The molecule has 30 heavy (non-hydrogen) atoms. The fraction of sp³-hybridized carbons (Fsp3) is 0.400. The van der Waals surface area contributed by atoms with Crippen LogP contribution in [-0.4, -0.2) is 71.0 Å². The van der Waals surface area contributed by atoms with E-state index >= 15 is 0 Å². The molecule has 4 rings (SSSR count). The predicted octanol–water partition coefficient (Wildman–Crippen LogP) is 2.23. The number of benzene rings is 1. The Kier molecular flexibility index (Phi) is 4.93. The summed E-state index contributed by atoms with van der Waals surface area (Å²) in [5, 5.41) is 0.616. The number of nitrogens with zero attached hydrogens (tertiary/aromatic N) is 5. The first-order valence-corrected chi connectivity index (χ1v) is 9.98. The number of carbonyl (C=O) groups excluding carboxylic acids is 3. The van der Waals surface area contributed by atoms with Crippen molar-refractivity contribution in [2.45, 2.75) is 33.0 Å². The summed E-state index contributed by atoms with van der Waals surface area (Å²) in [6.45, 7) is 5.27. The first-order valence-electron chi connectivity index (χ1n) is 9.60. The largest absolute Gasteiger partial charge is 0.465 e. The van der Waals surface area contributed by atoms with E-state index in [4.69, 9.17) is 21.3 Å². The average Bonchev–Trinajstić information content (AvgIpc) is 3.21.